The Kier molecular flexibility index (Phi) is 5.11. The standard InChI is InChI=1S/C21H23N3OS/c1-24(2)12-7-13-25-14-19-22-20-15-8-3-5-10-17(15)26-18-11-6-4-9-16(18)21(20)23-19/h3-6,8-11H,7,12-14H2,1-2H3,(H,22,23). The van der Waals surface area contributed by atoms with Crippen molar-refractivity contribution in [2.24, 2.45) is 0 Å². The van der Waals surface area contributed by atoms with Crippen LogP contribution in [-0.2, 0) is 11.3 Å². The molecule has 1 aliphatic heterocycles. The molecule has 1 N–H and O–H groups in total. The third-order valence-electron chi connectivity index (χ3n) is 4.40. The monoisotopic (exact) mass is 365 g/mol. The quantitative estimate of drug-likeness (QED) is 0.504. The lowest BCUT2D eigenvalue weighted by Crippen LogP contribution is -2.14. The van der Waals surface area contributed by atoms with Gasteiger partial charge in [-0.2, -0.15) is 0 Å². The van der Waals surface area contributed by atoms with Gasteiger partial charge in [0.15, 0.2) is 0 Å². The van der Waals surface area contributed by atoms with E-state index in [9.17, 15) is 0 Å². The number of ether oxygens (including phenoxy) is 1. The molecule has 0 saturated carbocycles. The normalized spacial score (nSPS) is 12.4. The summed E-state index contributed by atoms with van der Waals surface area (Å²) in [4.78, 5) is 13.1. The van der Waals surface area contributed by atoms with E-state index in [1.54, 1.807) is 11.8 Å². The van der Waals surface area contributed by atoms with Crippen LogP contribution in [0.15, 0.2) is 58.3 Å². The number of aromatic nitrogens is 2. The number of aromatic amines is 1. The van der Waals surface area contributed by atoms with Crippen molar-refractivity contribution in [2.75, 3.05) is 27.2 Å². The molecule has 0 radical (unpaired) electrons. The van der Waals surface area contributed by atoms with Gasteiger partial charge in [-0.3, -0.25) is 0 Å². The summed E-state index contributed by atoms with van der Waals surface area (Å²) < 4.78 is 5.83. The largest absolute Gasteiger partial charge is 0.373 e. The fourth-order valence-corrected chi connectivity index (χ4v) is 4.25. The second kappa shape index (κ2) is 7.66. The van der Waals surface area contributed by atoms with Crippen molar-refractivity contribution in [1.29, 1.82) is 0 Å². The molecule has 2 heterocycles. The average molecular weight is 366 g/mol. The number of fused-ring (bicyclic) bond motifs is 5. The van der Waals surface area contributed by atoms with Crippen LogP contribution in [0, 0.1) is 0 Å². The molecule has 0 unspecified atom stereocenters. The average Bonchev–Trinajstić information content (AvgIpc) is 3.01. The van der Waals surface area contributed by atoms with E-state index in [4.69, 9.17) is 9.72 Å². The van der Waals surface area contributed by atoms with Crippen molar-refractivity contribution in [3.05, 3.63) is 54.4 Å². The summed E-state index contributed by atoms with van der Waals surface area (Å²) in [5.74, 6) is 0.886. The van der Waals surface area contributed by atoms with Gasteiger partial charge in [0, 0.05) is 27.5 Å². The first kappa shape index (κ1) is 17.3. The first-order valence-electron chi connectivity index (χ1n) is 8.90. The number of rotatable bonds is 6. The molecule has 0 aliphatic carbocycles. The fraction of sp³-hybridized carbons (Fsp3) is 0.286. The maximum Gasteiger partial charge on any atom is 0.133 e. The highest BCUT2D eigenvalue weighted by Gasteiger charge is 2.23. The maximum absolute atomic E-state index is 5.83. The number of hydrogen-bond acceptors (Lipinski definition) is 4. The van der Waals surface area contributed by atoms with E-state index >= 15 is 0 Å². The zero-order valence-corrected chi connectivity index (χ0v) is 16.0. The molecule has 0 spiro atoms. The highest BCUT2D eigenvalue weighted by atomic mass is 32.2. The maximum atomic E-state index is 5.83. The molecule has 134 valence electrons. The molecular weight excluding hydrogens is 342 g/mol. The Morgan fingerprint density at radius 1 is 1.00 bits per heavy atom. The van der Waals surface area contributed by atoms with Gasteiger partial charge in [0.05, 0.1) is 11.4 Å². The number of nitrogens with one attached hydrogen (secondary N) is 1. The number of nitrogens with zero attached hydrogens (tertiary/aromatic N) is 2. The van der Waals surface area contributed by atoms with Gasteiger partial charge in [0.1, 0.15) is 12.4 Å². The van der Waals surface area contributed by atoms with Crippen LogP contribution >= 0.6 is 11.8 Å². The number of imidazole rings is 1. The van der Waals surface area contributed by atoms with E-state index in [1.165, 1.54) is 20.9 Å². The predicted octanol–water partition coefficient (Wildman–Crippen LogP) is 4.68. The summed E-state index contributed by atoms with van der Waals surface area (Å²) in [5, 5.41) is 0. The Morgan fingerprint density at radius 3 is 2.46 bits per heavy atom. The van der Waals surface area contributed by atoms with E-state index < -0.39 is 0 Å². The second-order valence-electron chi connectivity index (χ2n) is 6.71. The Morgan fingerprint density at radius 2 is 1.69 bits per heavy atom. The van der Waals surface area contributed by atoms with Crippen LogP contribution in [0.25, 0.3) is 22.5 Å². The lowest BCUT2D eigenvalue weighted by atomic mass is 10.1. The second-order valence-corrected chi connectivity index (χ2v) is 7.79. The Bertz CT molecular complexity index is 841. The third-order valence-corrected chi connectivity index (χ3v) is 5.56. The van der Waals surface area contributed by atoms with E-state index in [0.29, 0.717) is 6.61 Å². The van der Waals surface area contributed by atoms with Gasteiger partial charge in [-0.25, -0.2) is 4.98 Å². The van der Waals surface area contributed by atoms with Gasteiger partial charge in [0.25, 0.3) is 0 Å². The van der Waals surface area contributed by atoms with Crippen molar-refractivity contribution in [3.63, 3.8) is 0 Å². The van der Waals surface area contributed by atoms with Gasteiger partial charge in [-0.05, 0) is 39.2 Å². The molecule has 0 atom stereocenters. The van der Waals surface area contributed by atoms with E-state index in [1.807, 2.05) is 0 Å². The fourth-order valence-electron chi connectivity index (χ4n) is 3.16. The lowest BCUT2D eigenvalue weighted by molar-refractivity contribution is 0.108. The van der Waals surface area contributed by atoms with Gasteiger partial charge < -0.3 is 14.6 Å². The van der Waals surface area contributed by atoms with E-state index in [-0.39, 0.29) is 0 Å². The molecule has 1 aliphatic rings. The number of benzene rings is 2. The molecule has 0 amide bonds. The summed E-state index contributed by atoms with van der Waals surface area (Å²) in [5.41, 5.74) is 4.49. The minimum atomic E-state index is 0.512. The topological polar surface area (TPSA) is 41.1 Å². The van der Waals surface area contributed by atoms with Crippen LogP contribution in [-0.4, -0.2) is 42.1 Å². The molecule has 1 aromatic heterocycles. The van der Waals surface area contributed by atoms with Crippen molar-refractivity contribution in [2.45, 2.75) is 22.8 Å². The summed E-state index contributed by atoms with van der Waals surface area (Å²) in [6.45, 7) is 2.29. The van der Waals surface area contributed by atoms with Crippen LogP contribution < -0.4 is 0 Å². The predicted molar refractivity (Wildman–Crippen MR) is 106 cm³/mol. The van der Waals surface area contributed by atoms with E-state index in [2.05, 4.69) is 72.5 Å². The number of H-pyrrole nitrogens is 1. The first-order valence-corrected chi connectivity index (χ1v) is 9.72. The highest BCUT2D eigenvalue weighted by molar-refractivity contribution is 7.99. The molecule has 0 bridgehead atoms. The van der Waals surface area contributed by atoms with E-state index in [0.717, 1.165) is 36.8 Å². The number of hydrogen-bond donors (Lipinski definition) is 1. The molecule has 0 saturated heterocycles. The van der Waals surface area contributed by atoms with Gasteiger partial charge in [-0.15, -0.1) is 0 Å². The summed E-state index contributed by atoms with van der Waals surface area (Å²) >= 11 is 1.80. The molecule has 5 heteroatoms. The Balaban J connectivity index is 1.62. The zero-order chi connectivity index (χ0) is 17.9. The molecule has 2 aromatic carbocycles. The third kappa shape index (κ3) is 3.56. The van der Waals surface area contributed by atoms with Crippen LogP contribution in [0.1, 0.15) is 12.2 Å². The summed E-state index contributed by atoms with van der Waals surface area (Å²) in [6, 6.07) is 17.0. The molecule has 4 rings (SSSR count). The van der Waals surface area contributed by atoms with Gasteiger partial charge >= 0.3 is 0 Å². The van der Waals surface area contributed by atoms with Crippen molar-refractivity contribution < 1.29 is 4.74 Å². The molecule has 4 nitrogen and oxygen atoms in total. The summed E-state index contributed by atoms with van der Waals surface area (Å²) in [6.07, 6.45) is 1.02. The first-order chi connectivity index (χ1) is 12.7. The van der Waals surface area contributed by atoms with Crippen LogP contribution in [0.4, 0.5) is 0 Å². The Hall–Kier alpha value is -2.08. The smallest absolute Gasteiger partial charge is 0.133 e. The lowest BCUT2D eigenvalue weighted by Gasteiger charge is -2.08. The summed E-state index contributed by atoms with van der Waals surface area (Å²) in [7, 11) is 4.16. The minimum absolute atomic E-state index is 0.512. The highest BCUT2D eigenvalue weighted by Crippen LogP contribution is 2.46. The molecule has 26 heavy (non-hydrogen) atoms. The molecule has 3 aromatic rings. The molecular formula is C21H23N3OS. The molecule has 0 fully saturated rings. The zero-order valence-electron chi connectivity index (χ0n) is 15.2. The van der Waals surface area contributed by atoms with Crippen LogP contribution in [0.2, 0.25) is 0 Å². The van der Waals surface area contributed by atoms with Gasteiger partial charge in [-0.1, -0.05) is 48.2 Å². The van der Waals surface area contributed by atoms with Crippen LogP contribution in [0.3, 0.4) is 0 Å². The van der Waals surface area contributed by atoms with Crippen LogP contribution in [0.5, 0.6) is 0 Å². The SMILES string of the molecule is CN(C)CCCOCc1nc2c([nH]1)-c1ccccc1Sc1ccccc1-2. The van der Waals surface area contributed by atoms with Gasteiger partial charge in [0.2, 0.25) is 0 Å². The minimum Gasteiger partial charge on any atom is -0.373 e. The van der Waals surface area contributed by atoms with Crippen molar-refractivity contribution >= 4 is 11.8 Å². The van der Waals surface area contributed by atoms with Crippen molar-refractivity contribution in [1.82, 2.24) is 14.9 Å². The van der Waals surface area contributed by atoms with Crippen molar-refractivity contribution in [3.8, 4) is 22.5 Å². The Labute approximate surface area is 158 Å².